The summed E-state index contributed by atoms with van der Waals surface area (Å²) in [6.07, 6.45) is 24.0. The lowest BCUT2D eigenvalue weighted by molar-refractivity contribution is 0.466. The predicted molar refractivity (Wildman–Crippen MR) is 131 cm³/mol. The summed E-state index contributed by atoms with van der Waals surface area (Å²) in [5.41, 5.74) is 0. The molecule has 0 aliphatic rings. The molecule has 27 heavy (non-hydrogen) atoms. The monoisotopic (exact) mass is 384 g/mol. The van der Waals surface area contributed by atoms with E-state index >= 15 is 0 Å². The van der Waals surface area contributed by atoms with E-state index in [0.717, 1.165) is 11.8 Å². The molecule has 0 nitrogen and oxygen atoms in total. The van der Waals surface area contributed by atoms with E-state index in [1.807, 2.05) is 0 Å². The van der Waals surface area contributed by atoms with Crippen molar-refractivity contribution in [2.24, 2.45) is 11.8 Å². The van der Waals surface area contributed by atoms with Crippen LogP contribution < -0.4 is 0 Å². The van der Waals surface area contributed by atoms with Crippen molar-refractivity contribution in [3.8, 4) is 0 Å². The molecule has 0 aliphatic heterocycles. The van der Waals surface area contributed by atoms with Gasteiger partial charge in [-0.15, -0.1) is 0 Å². The van der Waals surface area contributed by atoms with Gasteiger partial charge in [-0.2, -0.15) is 0 Å². The van der Waals surface area contributed by atoms with Crippen molar-refractivity contribution in [1.82, 2.24) is 0 Å². The Balaban J connectivity index is -0.000000320. The Bertz CT molecular complexity index is 200. The average molecular weight is 385 g/mol. The highest BCUT2D eigenvalue weighted by molar-refractivity contribution is 4.50. The summed E-state index contributed by atoms with van der Waals surface area (Å²) >= 11 is 0. The minimum Gasteiger partial charge on any atom is -0.0654 e. The van der Waals surface area contributed by atoms with Crippen molar-refractivity contribution >= 4 is 0 Å². The van der Waals surface area contributed by atoms with E-state index in [1.165, 1.54) is 109 Å². The van der Waals surface area contributed by atoms with Crippen molar-refractivity contribution < 1.29 is 0 Å². The first-order valence-corrected chi connectivity index (χ1v) is 13.0. The fourth-order valence-corrected chi connectivity index (χ4v) is 3.20. The molecule has 0 spiro atoms. The summed E-state index contributed by atoms with van der Waals surface area (Å²) < 4.78 is 0. The molecule has 168 valence electrons. The highest BCUT2D eigenvalue weighted by Crippen LogP contribution is 2.12. The molecule has 0 aromatic heterocycles. The Hall–Kier alpha value is 0. The van der Waals surface area contributed by atoms with Gasteiger partial charge in [0.05, 0.1) is 0 Å². The molecule has 0 heteroatoms. The van der Waals surface area contributed by atoms with Crippen LogP contribution in [0.5, 0.6) is 0 Å². The van der Waals surface area contributed by atoms with Crippen molar-refractivity contribution in [2.75, 3.05) is 0 Å². The van der Waals surface area contributed by atoms with Gasteiger partial charge in [0.2, 0.25) is 0 Å². The van der Waals surface area contributed by atoms with Gasteiger partial charge in [-0.1, -0.05) is 165 Å². The maximum Gasteiger partial charge on any atom is -0.0443 e. The van der Waals surface area contributed by atoms with Crippen molar-refractivity contribution in [3.05, 3.63) is 0 Å². The maximum absolute atomic E-state index is 2.36. The molecule has 0 saturated heterocycles. The van der Waals surface area contributed by atoms with Crippen LogP contribution in [0.2, 0.25) is 0 Å². The summed E-state index contributed by atoms with van der Waals surface area (Å²) in [5.74, 6) is 1.87. The second-order valence-electron chi connectivity index (χ2n) is 9.05. The molecular formula is C27H60. The average Bonchev–Trinajstić information content (AvgIpc) is 2.65. The van der Waals surface area contributed by atoms with E-state index in [0.29, 0.717) is 0 Å². The molecule has 0 amide bonds. The number of hydrogen-bond acceptors (Lipinski definition) is 0. The fraction of sp³-hybridized carbons (Fsp3) is 1.00. The summed E-state index contributed by atoms with van der Waals surface area (Å²) in [6.45, 7) is 18.3. The third kappa shape index (κ3) is 41.5. The topological polar surface area (TPSA) is 0 Å². The summed E-state index contributed by atoms with van der Waals surface area (Å²) in [7, 11) is 0. The van der Waals surface area contributed by atoms with E-state index < -0.39 is 0 Å². The lowest BCUT2D eigenvalue weighted by Gasteiger charge is -2.07. The second-order valence-corrected chi connectivity index (χ2v) is 9.05. The van der Waals surface area contributed by atoms with Crippen LogP contribution in [-0.2, 0) is 0 Å². The Morgan fingerprint density at radius 1 is 0.370 bits per heavy atom. The minimum atomic E-state index is 0.904. The minimum absolute atomic E-state index is 0.904. The molecular weight excluding hydrogens is 324 g/mol. The highest BCUT2D eigenvalue weighted by Gasteiger charge is 1.97. The van der Waals surface area contributed by atoms with Crippen molar-refractivity contribution in [3.63, 3.8) is 0 Å². The van der Waals surface area contributed by atoms with Crippen molar-refractivity contribution in [1.29, 1.82) is 0 Å². The third-order valence-electron chi connectivity index (χ3n) is 5.17. The first-order chi connectivity index (χ1) is 13.0. The molecule has 1 unspecified atom stereocenters. The van der Waals surface area contributed by atoms with Crippen LogP contribution in [0.1, 0.15) is 165 Å². The van der Waals surface area contributed by atoms with Crippen LogP contribution in [-0.4, -0.2) is 0 Å². The van der Waals surface area contributed by atoms with Gasteiger partial charge < -0.3 is 0 Å². The Kier molecular flexibility index (Phi) is 36.1. The summed E-state index contributed by atoms with van der Waals surface area (Å²) in [5, 5.41) is 0. The van der Waals surface area contributed by atoms with E-state index in [4.69, 9.17) is 0 Å². The second kappa shape index (κ2) is 30.7. The molecule has 0 fully saturated rings. The zero-order valence-corrected chi connectivity index (χ0v) is 21.2. The summed E-state index contributed by atoms with van der Waals surface area (Å²) in [4.78, 5) is 0. The van der Waals surface area contributed by atoms with Crippen LogP contribution in [0.4, 0.5) is 0 Å². The fourth-order valence-electron chi connectivity index (χ4n) is 3.20. The predicted octanol–water partition coefficient (Wildman–Crippen LogP) is 11.0. The zero-order chi connectivity index (χ0) is 21.2. The molecule has 0 radical (unpaired) electrons. The number of unbranched alkanes of at least 4 members (excludes halogenated alkanes) is 10. The van der Waals surface area contributed by atoms with Crippen LogP contribution in [0.25, 0.3) is 0 Å². The third-order valence-corrected chi connectivity index (χ3v) is 5.17. The molecule has 0 aromatic rings. The molecule has 0 saturated carbocycles. The smallest absolute Gasteiger partial charge is 0.0443 e. The molecule has 0 aliphatic carbocycles. The van der Waals surface area contributed by atoms with E-state index in [2.05, 4.69) is 55.4 Å². The first-order valence-electron chi connectivity index (χ1n) is 13.0. The quantitative estimate of drug-likeness (QED) is 0.232. The van der Waals surface area contributed by atoms with Gasteiger partial charge in [-0.05, 0) is 11.8 Å². The normalized spacial score (nSPS) is 11.4. The highest BCUT2D eigenvalue weighted by atomic mass is 14.0. The van der Waals surface area contributed by atoms with E-state index in [1.54, 1.807) is 0 Å². The molecule has 0 N–H and O–H groups in total. The standard InChI is InChI=1S/3C9H20/c1-4-5-6-7-8-9(2)3;1-4-6-8-9(3)7-5-2;1-3-5-7-9-8-6-4-2/h2*9H,4-8H2,1-3H3;3-9H2,1-2H3. The van der Waals surface area contributed by atoms with E-state index in [-0.39, 0.29) is 0 Å². The van der Waals surface area contributed by atoms with Gasteiger partial charge >= 0.3 is 0 Å². The van der Waals surface area contributed by atoms with Crippen LogP contribution in [0.15, 0.2) is 0 Å². The van der Waals surface area contributed by atoms with Crippen LogP contribution in [0.3, 0.4) is 0 Å². The zero-order valence-electron chi connectivity index (χ0n) is 21.2. The molecule has 1 atom stereocenters. The van der Waals surface area contributed by atoms with Gasteiger partial charge in [-0.25, -0.2) is 0 Å². The van der Waals surface area contributed by atoms with Gasteiger partial charge in [0.15, 0.2) is 0 Å². The Morgan fingerprint density at radius 2 is 0.778 bits per heavy atom. The lowest BCUT2D eigenvalue weighted by Crippen LogP contribution is -1.92. The largest absolute Gasteiger partial charge is 0.0654 e. The van der Waals surface area contributed by atoms with Crippen molar-refractivity contribution in [2.45, 2.75) is 165 Å². The van der Waals surface area contributed by atoms with Crippen LogP contribution in [0, 0.1) is 11.8 Å². The SMILES string of the molecule is CCCCC(C)CCC.CCCCCCC(C)C.CCCCCCCCC. The Morgan fingerprint density at radius 3 is 1.15 bits per heavy atom. The number of rotatable bonds is 16. The van der Waals surface area contributed by atoms with Gasteiger partial charge in [0.1, 0.15) is 0 Å². The molecule has 0 aromatic carbocycles. The molecule has 0 rings (SSSR count). The molecule has 0 bridgehead atoms. The lowest BCUT2D eigenvalue weighted by atomic mass is 10.00. The van der Waals surface area contributed by atoms with Gasteiger partial charge in [0, 0.05) is 0 Å². The van der Waals surface area contributed by atoms with Crippen LogP contribution >= 0.6 is 0 Å². The van der Waals surface area contributed by atoms with Gasteiger partial charge in [0.25, 0.3) is 0 Å². The first kappa shape index (κ1) is 31.7. The van der Waals surface area contributed by atoms with Gasteiger partial charge in [-0.3, -0.25) is 0 Å². The number of hydrogen-bond donors (Lipinski definition) is 0. The molecule has 0 heterocycles. The Labute approximate surface area is 176 Å². The van der Waals surface area contributed by atoms with E-state index in [9.17, 15) is 0 Å². The summed E-state index contributed by atoms with van der Waals surface area (Å²) in [6, 6.07) is 0. The maximum atomic E-state index is 2.36.